The van der Waals surface area contributed by atoms with Crippen molar-refractivity contribution in [3.63, 3.8) is 0 Å². The highest BCUT2D eigenvalue weighted by atomic mass is 32.2. The van der Waals surface area contributed by atoms with E-state index in [4.69, 9.17) is 4.74 Å². The van der Waals surface area contributed by atoms with E-state index in [1.54, 1.807) is 36.0 Å². The molecule has 164 valence electrons. The number of carbonyl (C=O) groups excluding carboxylic acids is 3. The molecule has 0 spiro atoms. The molecular weight excluding hydrogens is 412 g/mol. The van der Waals surface area contributed by atoms with Gasteiger partial charge in [-0.05, 0) is 37.1 Å². The summed E-state index contributed by atoms with van der Waals surface area (Å²) in [7, 11) is 1.39. The van der Waals surface area contributed by atoms with Crippen LogP contribution < -0.4 is 10.6 Å². The van der Waals surface area contributed by atoms with Gasteiger partial charge in [0.1, 0.15) is 0 Å². The fourth-order valence-corrected chi connectivity index (χ4v) is 5.21. The molecule has 7 heteroatoms. The molecule has 31 heavy (non-hydrogen) atoms. The first-order valence-electron chi connectivity index (χ1n) is 10.5. The van der Waals surface area contributed by atoms with Crippen molar-refractivity contribution in [1.82, 2.24) is 10.6 Å². The van der Waals surface area contributed by atoms with Gasteiger partial charge in [-0.25, -0.2) is 0 Å². The Morgan fingerprint density at radius 3 is 2.06 bits per heavy atom. The highest BCUT2D eigenvalue weighted by Crippen LogP contribution is 2.32. The van der Waals surface area contributed by atoms with Gasteiger partial charge in [0.2, 0.25) is 0 Å². The molecule has 2 N–H and O–H groups in total. The standard InChI is InChI=1S/C24H28N2O4S/c1-30-21(27)15-9-8-14-20-22(26-24(29)18-12-6-3-7-13-18)19(16-31-20)25-23(28)17-10-4-2-5-11-17/h2-7,10-13,19-20,22H,8-9,14-16H2,1H3,(H,25,28)(H,26,29)/t19-,20+,22+/m1/s1. The molecule has 1 fully saturated rings. The molecule has 2 aromatic rings. The first kappa shape index (κ1) is 22.9. The van der Waals surface area contributed by atoms with Crippen LogP contribution in [0.2, 0.25) is 0 Å². The van der Waals surface area contributed by atoms with Crippen molar-refractivity contribution in [1.29, 1.82) is 0 Å². The van der Waals surface area contributed by atoms with E-state index in [-0.39, 0.29) is 35.1 Å². The van der Waals surface area contributed by atoms with Gasteiger partial charge in [-0.15, -0.1) is 0 Å². The smallest absolute Gasteiger partial charge is 0.305 e. The number of amides is 2. The summed E-state index contributed by atoms with van der Waals surface area (Å²) >= 11 is 1.75. The maximum absolute atomic E-state index is 12.8. The molecule has 0 bridgehead atoms. The molecule has 2 aromatic carbocycles. The van der Waals surface area contributed by atoms with E-state index < -0.39 is 0 Å². The van der Waals surface area contributed by atoms with Crippen LogP contribution >= 0.6 is 11.8 Å². The van der Waals surface area contributed by atoms with Gasteiger partial charge < -0.3 is 15.4 Å². The summed E-state index contributed by atoms with van der Waals surface area (Å²) < 4.78 is 4.70. The minimum atomic E-state index is -0.207. The van der Waals surface area contributed by atoms with Crippen LogP contribution in [0.5, 0.6) is 0 Å². The van der Waals surface area contributed by atoms with E-state index in [0.717, 1.165) is 25.0 Å². The first-order valence-corrected chi connectivity index (χ1v) is 11.5. The number of esters is 1. The van der Waals surface area contributed by atoms with E-state index in [1.165, 1.54) is 7.11 Å². The van der Waals surface area contributed by atoms with E-state index in [0.29, 0.717) is 17.5 Å². The zero-order valence-electron chi connectivity index (χ0n) is 17.6. The number of hydrogen-bond donors (Lipinski definition) is 2. The van der Waals surface area contributed by atoms with Crippen LogP contribution in [0, 0.1) is 0 Å². The molecule has 0 aromatic heterocycles. The number of thioether (sulfide) groups is 1. The number of benzene rings is 2. The van der Waals surface area contributed by atoms with Crippen LogP contribution in [-0.4, -0.2) is 48.0 Å². The Hall–Kier alpha value is -2.80. The predicted molar refractivity (Wildman–Crippen MR) is 122 cm³/mol. The fourth-order valence-electron chi connectivity index (χ4n) is 3.66. The third kappa shape index (κ3) is 6.59. The number of hydrogen-bond acceptors (Lipinski definition) is 5. The molecule has 6 nitrogen and oxygen atoms in total. The Kier molecular flexibility index (Phi) is 8.53. The van der Waals surface area contributed by atoms with Crippen LogP contribution in [0.25, 0.3) is 0 Å². The van der Waals surface area contributed by atoms with Gasteiger partial charge >= 0.3 is 5.97 Å². The monoisotopic (exact) mass is 440 g/mol. The molecule has 0 saturated carbocycles. The summed E-state index contributed by atoms with van der Waals surface area (Å²) in [6.07, 6.45) is 2.83. The van der Waals surface area contributed by atoms with E-state index >= 15 is 0 Å². The predicted octanol–water partition coefficient (Wildman–Crippen LogP) is 3.43. The first-order chi connectivity index (χ1) is 15.1. The average molecular weight is 441 g/mol. The Balaban J connectivity index is 1.66. The van der Waals surface area contributed by atoms with Gasteiger partial charge in [0, 0.05) is 28.6 Å². The fraction of sp³-hybridized carbons (Fsp3) is 0.375. The minimum absolute atomic E-state index is 0.142. The zero-order valence-corrected chi connectivity index (χ0v) is 18.4. The Labute approximate surface area is 187 Å². The number of ether oxygens (including phenoxy) is 1. The molecule has 3 rings (SSSR count). The van der Waals surface area contributed by atoms with Crippen molar-refractivity contribution < 1.29 is 19.1 Å². The van der Waals surface area contributed by atoms with Crippen molar-refractivity contribution in [2.75, 3.05) is 12.9 Å². The summed E-state index contributed by atoms with van der Waals surface area (Å²) in [5, 5.41) is 6.41. The van der Waals surface area contributed by atoms with Gasteiger partial charge in [0.15, 0.2) is 0 Å². The molecule has 3 atom stereocenters. The van der Waals surface area contributed by atoms with Gasteiger partial charge in [-0.2, -0.15) is 11.8 Å². The van der Waals surface area contributed by atoms with E-state index in [9.17, 15) is 14.4 Å². The van der Waals surface area contributed by atoms with Crippen LogP contribution in [-0.2, 0) is 9.53 Å². The number of nitrogens with one attached hydrogen (secondary N) is 2. The second kappa shape index (κ2) is 11.6. The van der Waals surface area contributed by atoms with Gasteiger partial charge in [0.25, 0.3) is 11.8 Å². The lowest BCUT2D eigenvalue weighted by Crippen LogP contribution is -2.53. The van der Waals surface area contributed by atoms with Crippen molar-refractivity contribution in [2.45, 2.75) is 43.0 Å². The van der Waals surface area contributed by atoms with Crippen LogP contribution in [0.15, 0.2) is 60.7 Å². The molecule has 1 aliphatic rings. The quantitative estimate of drug-likeness (QED) is 0.461. The summed E-state index contributed by atoms with van der Waals surface area (Å²) in [6.45, 7) is 0. The van der Waals surface area contributed by atoms with Crippen LogP contribution in [0.1, 0.15) is 46.4 Å². The number of rotatable bonds is 9. The van der Waals surface area contributed by atoms with Crippen molar-refractivity contribution in [3.8, 4) is 0 Å². The molecular formula is C24H28N2O4S. The lowest BCUT2D eigenvalue weighted by molar-refractivity contribution is -0.140. The summed E-state index contributed by atoms with van der Waals surface area (Å²) in [4.78, 5) is 36.9. The molecule has 0 radical (unpaired) electrons. The molecule has 1 heterocycles. The Morgan fingerprint density at radius 2 is 1.48 bits per heavy atom. The SMILES string of the molecule is COC(=O)CCCC[C@@H]1SC[C@@H](NC(=O)c2ccccc2)[C@@H]1NC(=O)c1ccccc1. The second-order valence-electron chi connectivity index (χ2n) is 7.50. The Morgan fingerprint density at radius 1 is 0.903 bits per heavy atom. The largest absolute Gasteiger partial charge is 0.469 e. The summed E-state index contributed by atoms with van der Waals surface area (Å²) in [5.74, 6) is 0.226. The number of carbonyl (C=O) groups is 3. The highest BCUT2D eigenvalue weighted by molar-refractivity contribution is 8.00. The van der Waals surface area contributed by atoms with Gasteiger partial charge in [0.05, 0.1) is 19.2 Å². The maximum Gasteiger partial charge on any atom is 0.305 e. The highest BCUT2D eigenvalue weighted by Gasteiger charge is 2.38. The molecule has 2 amide bonds. The third-order valence-corrected chi connectivity index (χ3v) is 6.87. The lowest BCUT2D eigenvalue weighted by Gasteiger charge is -2.26. The third-order valence-electron chi connectivity index (χ3n) is 5.36. The topological polar surface area (TPSA) is 84.5 Å². The summed E-state index contributed by atoms with van der Waals surface area (Å²) in [6, 6.07) is 17.8. The summed E-state index contributed by atoms with van der Waals surface area (Å²) in [5.41, 5.74) is 1.19. The normalized spacial score (nSPS) is 20.1. The van der Waals surface area contributed by atoms with E-state index in [1.807, 2.05) is 36.4 Å². The number of unbranched alkanes of at least 4 members (excludes halogenated alkanes) is 1. The van der Waals surface area contributed by atoms with Gasteiger partial charge in [-0.3, -0.25) is 14.4 Å². The average Bonchev–Trinajstić information content (AvgIpc) is 3.18. The second-order valence-corrected chi connectivity index (χ2v) is 8.78. The van der Waals surface area contributed by atoms with Crippen molar-refractivity contribution >= 4 is 29.5 Å². The zero-order chi connectivity index (χ0) is 22.1. The molecule has 0 unspecified atom stereocenters. The maximum atomic E-state index is 12.8. The van der Waals surface area contributed by atoms with Crippen LogP contribution in [0.3, 0.4) is 0 Å². The Bertz CT molecular complexity index is 876. The minimum Gasteiger partial charge on any atom is -0.469 e. The molecule has 1 saturated heterocycles. The number of methoxy groups -OCH3 is 1. The molecule has 0 aliphatic carbocycles. The van der Waals surface area contributed by atoms with Crippen molar-refractivity contribution in [3.05, 3.63) is 71.8 Å². The van der Waals surface area contributed by atoms with Crippen LogP contribution in [0.4, 0.5) is 0 Å². The molecule has 1 aliphatic heterocycles. The van der Waals surface area contributed by atoms with Gasteiger partial charge in [-0.1, -0.05) is 42.8 Å². The van der Waals surface area contributed by atoms with E-state index in [2.05, 4.69) is 10.6 Å². The van der Waals surface area contributed by atoms with Crippen molar-refractivity contribution in [2.24, 2.45) is 0 Å². The lowest BCUT2D eigenvalue weighted by atomic mass is 10.00.